The van der Waals surface area contributed by atoms with E-state index < -0.39 is 0 Å². The van der Waals surface area contributed by atoms with Crippen molar-refractivity contribution in [1.82, 2.24) is 19.9 Å². The van der Waals surface area contributed by atoms with E-state index in [1.165, 1.54) is 0 Å². The molecule has 6 heteroatoms. The molecule has 0 radical (unpaired) electrons. The number of anilines is 2. The third-order valence-electron chi connectivity index (χ3n) is 3.99. The van der Waals surface area contributed by atoms with Gasteiger partial charge >= 0.3 is 0 Å². The molecule has 0 bridgehead atoms. The van der Waals surface area contributed by atoms with Gasteiger partial charge in [-0.3, -0.25) is 0 Å². The summed E-state index contributed by atoms with van der Waals surface area (Å²) in [6, 6.07) is 4.43. The van der Waals surface area contributed by atoms with Crippen molar-refractivity contribution in [2.24, 2.45) is 0 Å². The molecule has 3 rings (SSSR count). The normalized spacial score (nSPS) is 17.1. The van der Waals surface area contributed by atoms with Gasteiger partial charge in [-0.15, -0.1) is 0 Å². The standard InChI is InChI=1S/C14H20N6/c1-19(2)10-5-7-20(8-6-10)14-11-3-4-12(15)18-13(11)16-9-17-14/h3-4,9-10H,5-8H2,1-2H3,(H2,15,16,17,18). The molecule has 0 unspecified atom stereocenters. The summed E-state index contributed by atoms with van der Waals surface area (Å²) in [5.41, 5.74) is 6.38. The lowest BCUT2D eigenvalue weighted by atomic mass is 10.0. The first-order valence-corrected chi connectivity index (χ1v) is 6.94. The second kappa shape index (κ2) is 5.20. The van der Waals surface area contributed by atoms with Gasteiger partial charge in [-0.05, 0) is 39.1 Å². The highest BCUT2D eigenvalue weighted by Crippen LogP contribution is 2.26. The Morgan fingerprint density at radius 3 is 2.65 bits per heavy atom. The molecule has 2 N–H and O–H groups in total. The van der Waals surface area contributed by atoms with Gasteiger partial charge in [0.25, 0.3) is 0 Å². The van der Waals surface area contributed by atoms with E-state index in [1.807, 2.05) is 12.1 Å². The lowest BCUT2D eigenvalue weighted by Gasteiger charge is -2.36. The van der Waals surface area contributed by atoms with E-state index in [1.54, 1.807) is 6.33 Å². The maximum atomic E-state index is 5.71. The molecule has 106 valence electrons. The first-order valence-electron chi connectivity index (χ1n) is 6.94. The molecular formula is C14H20N6. The Balaban J connectivity index is 1.88. The van der Waals surface area contributed by atoms with E-state index in [0.29, 0.717) is 17.5 Å². The molecule has 0 amide bonds. The minimum Gasteiger partial charge on any atom is -0.384 e. The summed E-state index contributed by atoms with van der Waals surface area (Å²) in [7, 11) is 4.29. The van der Waals surface area contributed by atoms with E-state index in [0.717, 1.165) is 37.1 Å². The van der Waals surface area contributed by atoms with Gasteiger partial charge in [-0.2, -0.15) is 0 Å². The van der Waals surface area contributed by atoms with Gasteiger partial charge < -0.3 is 15.5 Å². The average molecular weight is 272 g/mol. The Hall–Kier alpha value is -1.95. The molecule has 20 heavy (non-hydrogen) atoms. The van der Waals surface area contributed by atoms with Crippen molar-refractivity contribution < 1.29 is 0 Å². The van der Waals surface area contributed by atoms with Crippen molar-refractivity contribution in [2.75, 3.05) is 37.8 Å². The maximum absolute atomic E-state index is 5.71. The number of nitrogens with zero attached hydrogens (tertiary/aromatic N) is 5. The van der Waals surface area contributed by atoms with Crippen molar-refractivity contribution in [3.63, 3.8) is 0 Å². The number of nitrogens with two attached hydrogens (primary N) is 1. The summed E-state index contributed by atoms with van der Waals surface area (Å²) in [6.07, 6.45) is 3.88. The van der Waals surface area contributed by atoms with Crippen LogP contribution in [0.15, 0.2) is 18.5 Å². The predicted molar refractivity (Wildman–Crippen MR) is 80.7 cm³/mol. The zero-order chi connectivity index (χ0) is 14.1. The van der Waals surface area contributed by atoms with Crippen LogP contribution in [-0.4, -0.2) is 53.1 Å². The number of hydrogen-bond donors (Lipinski definition) is 1. The highest BCUT2D eigenvalue weighted by Gasteiger charge is 2.22. The van der Waals surface area contributed by atoms with Crippen LogP contribution < -0.4 is 10.6 Å². The van der Waals surface area contributed by atoms with Crippen LogP contribution in [0, 0.1) is 0 Å². The van der Waals surface area contributed by atoms with Gasteiger partial charge in [0.2, 0.25) is 0 Å². The zero-order valence-electron chi connectivity index (χ0n) is 12.0. The van der Waals surface area contributed by atoms with E-state index in [-0.39, 0.29) is 0 Å². The minimum atomic E-state index is 0.494. The average Bonchev–Trinajstić information content (AvgIpc) is 2.46. The van der Waals surface area contributed by atoms with Crippen molar-refractivity contribution >= 4 is 22.7 Å². The largest absolute Gasteiger partial charge is 0.384 e. The Bertz CT molecular complexity index is 604. The van der Waals surface area contributed by atoms with Crippen LogP contribution in [-0.2, 0) is 0 Å². The zero-order valence-corrected chi connectivity index (χ0v) is 12.0. The number of nitrogen functional groups attached to an aromatic ring is 1. The van der Waals surface area contributed by atoms with Crippen molar-refractivity contribution in [1.29, 1.82) is 0 Å². The van der Waals surface area contributed by atoms with E-state index in [4.69, 9.17) is 5.73 Å². The molecule has 2 aromatic heterocycles. The Morgan fingerprint density at radius 2 is 1.95 bits per heavy atom. The summed E-state index contributed by atoms with van der Waals surface area (Å²) < 4.78 is 0. The molecule has 0 aliphatic carbocycles. The maximum Gasteiger partial charge on any atom is 0.166 e. The molecule has 1 fully saturated rings. The highest BCUT2D eigenvalue weighted by molar-refractivity contribution is 5.87. The molecule has 0 spiro atoms. The van der Waals surface area contributed by atoms with E-state index in [9.17, 15) is 0 Å². The van der Waals surface area contributed by atoms with Gasteiger partial charge in [-0.25, -0.2) is 15.0 Å². The van der Waals surface area contributed by atoms with Crippen LogP contribution in [0.3, 0.4) is 0 Å². The molecule has 1 saturated heterocycles. The molecule has 1 aliphatic rings. The molecule has 0 saturated carbocycles. The monoisotopic (exact) mass is 272 g/mol. The van der Waals surface area contributed by atoms with Gasteiger partial charge in [0.15, 0.2) is 5.65 Å². The van der Waals surface area contributed by atoms with Crippen LogP contribution in [0.2, 0.25) is 0 Å². The summed E-state index contributed by atoms with van der Waals surface area (Å²) in [5.74, 6) is 1.47. The second-order valence-electron chi connectivity index (χ2n) is 5.49. The fourth-order valence-electron chi connectivity index (χ4n) is 2.79. The van der Waals surface area contributed by atoms with E-state index in [2.05, 4.69) is 38.8 Å². The fraction of sp³-hybridized carbons (Fsp3) is 0.500. The molecule has 0 aromatic carbocycles. The number of aromatic nitrogens is 3. The molecule has 6 nitrogen and oxygen atoms in total. The van der Waals surface area contributed by atoms with Crippen LogP contribution in [0.4, 0.5) is 11.6 Å². The number of hydrogen-bond acceptors (Lipinski definition) is 6. The number of pyridine rings is 1. The number of rotatable bonds is 2. The smallest absolute Gasteiger partial charge is 0.166 e. The molecule has 1 aliphatic heterocycles. The van der Waals surface area contributed by atoms with Crippen molar-refractivity contribution in [3.05, 3.63) is 18.5 Å². The first-order chi connectivity index (χ1) is 9.65. The van der Waals surface area contributed by atoms with Gasteiger partial charge in [0, 0.05) is 19.1 Å². The topological polar surface area (TPSA) is 71.2 Å². The Morgan fingerprint density at radius 1 is 1.20 bits per heavy atom. The van der Waals surface area contributed by atoms with Crippen LogP contribution in [0.25, 0.3) is 11.0 Å². The van der Waals surface area contributed by atoms with Crippen molar-refractivity contribution in [2.45, 2.75) is 18.9 Å². The molecule has 2 aromatic rings. The predicted octanol–water partition coefficient (Wildman–Crippen LogP) is 1.14. The van der Waals surface area contributed by atoms with Crippen LogP contribution in [0.5, 0.6) is 0 Å². The summed E-state index contributed by atoms with van der Waals surface area (Å²) in [5, 5.41) is 0.977. The second-order valence-corrected chi connectivity index (χ2v) is 5.49. The Labute approximate surface area is 118 Å². The summed E-state index contributed by atoms with van der Waals surface area (Å²) in [4.78, 5) is 17.5. The lowest BCUT2D eigenvalue weighted by Crippen LogP contribution is -2.42. The first kappa shape index (κ1) is 13.1. The van der Waals surface area contributed by atoms with Crippen molar-refractivity contribution in [3.8, 4) is 0 Å². The summed E-state index contributed by atoms with van der Waals surface area (Å²) >= 11 is 0. The molecular weight excluding hydrogens is 252 g/mol. The number of fused-ring (bicyclic) bond motifs is 1. The summed E-state index contributed by atoms with van der Waals surface area (Å²) in [6.45, 7) is 2.03. The molecule has 3 heterocycles. The van der Waals surface area contributed by atoms with Gasteiger partial charge in [-0.1, -0.05) is 0 Å². The van der Waals surface area contributed by atoms with Gasteiger partial charge in [0.05, 0.1) is 5.39 Å². The van der Waals surface area contributed by atoms with Gasteiger partial charge in [0.1, 0.15) is 18.0 Å². The van der Waals surface area contributed by atoms with Crippen LogP contribution >= 0.6 is 0 Å². The number of piperidine rings is 1. The minimum absolute atomic E-state index is 0.494. The third-order valence-corrected chi connectivity index (χ3v) is 3.99. The Kier molecular flexibility index (Phi) is 3.40. The SMILES string of the molecule is CN(C)C1CCN(c2ncnc3nc(N)ccc23)CC1. The fourth-order valence-corrected chi connectivity index (χ4v) is 2.79. The van der Waals surface area contributed by atoms with E-state index >= 15 is 0 Å². The molecule has 0 atom stereocenters. The third kappa shape index (κ3) is 2.38. The lowest BCUT2D eigenvalue weighted by molar-refractivity contribution is 0.249. The van der Waals surface area contributed by atoms with Crippen LogP contribution in [0.1, 0.15) is 12.8 Å². The quantitative estimate of drug-likeness (QED) is 0.884. The highest BCUT2D eigenvalue weighted by atomic mass is 15.2.